The first-order chi connectivity index (χ1) is 19.1. The molecule has 0 N–H and O–H groups in total. The second kappa shape index (κ2) is 14.2. The number of allylic oxidation sites excluding steroid dienone is 10. The van der Waals surface area contributed by atoms with E-state index in [-0.39, 0.29) is 0 Å². The molecule has 0 spiro atoms. The highest BCUT2D eigenvalue weighted by Gasteiger charge is 2.20. The summed E-state index contributed by atoms with van der Waals surface area (Å²) in [6, 6.07) is 16.2. The van der Waals surface area contributed by atoms with Crippen LogP contribution >= 0.6 is 0 Å². The second-order valence-electron chi connectivity index (χ2n) is 8.84. The van der Waals surface area contributed by atoms with Crippen molar-refractivity contribution in [2.75, 3.05) is 27.3 Å². The van der Waals surface area contributed by atoms with Crippen molar-refractivity contribution in [3.63, 3.8) is 0 Å². The SMILES string of the molecule is CCOc1ccc(C2=C/C(=C\C=C3C=CC(=[N+](C)C)C=C3)OC(c3ccc(OCC)cc3)=C2)cc1.F[B-](F)(F)F. The Kier molecular flexibility index (Phi) is 10.8. The summed E-state index contributed by atoms with van der Waals surface area (Å²) in [4.78, 5) is 0. The van der Waals surface area contributed by atoms with E-state index in [0.717, 1.165) is 45.3 Å². The predicted molar refractivity (Wildman–Crippen MR) is 154 cm³/mol. The zero-order valence-corrected chi connectivity index (χ0v) is 22.9. The third-order valence-electron chi connectivity index (χ3n) is 5.61. The number of rotatable bonds is 7. The molecule has 0 bridgehead atoms. The van der Waals surface area contributed by atoms with Crippen LogP contribution in [0.15, 0.2) is 108 Å². The van der Waals surface area contributed by atoms with Gasteiger partial charge in [0, 0.05) is 17.7 Å². The molecule has 9 heteroatoms. The van der Waals surface area contributed by atoms with E-state index in [9.17, 15) is 17.3 Å². The van der Waals surface area contributed by atoms with Crippen LogP contribution in [0.25, 0.3) is 11.3 Å². The molecule has 0 unspecified atom stereocenters. The molecule has 210 valence electrons. The normalized spacial score (nSPS) is 15.4. The van der Waals surface area contributed by atoms with E-state index in [1.54, 1.807) is 0 Å². The molecule has 0 amide bonds. The monoisotopic (exact) mass is 553 g/mol. The topological polar surface area (TPSA) is 30.7 Å². The quantitative estimate of drug-likeness (QED) is 0.199. The van der Waals surface area contributed by atoms with Gasteiger partial charge in [-0.1, -0.05) is 18.2 Å². The number of hydrogen-bond acceptors (Lipinski definition) is 3. The first kappa shape index (κ1) is 30.3. The molecule has 0 saturated carbocycles. The number of halogens is 4. The smallest absolute Gasteiger partial charge is 0.494 e. The molecule has 1 aliphatic heterocycles. The second-order valence-corrected chi connectivity index (χ2v) is 8.84. The van der Waals surface area contributed by atoms with Crippen LogP contribution in [0.5, 0.6) is 11.5 Å². The van der Waals surface area contributed by atoms with Crippen molar-refractivity contribution in [1.29, 1.82) is 0 Å². The van der Waals surface area contributed by atoms with Gasteiger partial charge < -0.3 is 31.5 Å². The molecule has 4 rings (SSSR count). The zero-order valence-electron chi connectivity index (χ0n) is 22.9. The van der Waals surface area contributed by atoms with Crippen LogP contribution in [0.3, 0.4) is 0 Å². The van der Waals surface area contributed by atoms with Crippen LogP contribution in [0, 0.1) is 0 Å². The minimum Gasteiger partial charge on any atom is -0.494 e. The molecule has 1 aliphatic carbocycles. The minimum atomic E-state index is -6.00. The highest BCUT2D eigenvalue weighted by molar-refractivity contribution is 6.50. The molecular weight excluding hydrogens is 521 g/mol. The summed E-state index contributed by atoms with van der Waals surface area (Å²) in [5.74, 6) is 3.28. The van der Waals surface area contributed by atoms with Gasteiger partial charge in [0.1, 0.15) is 37.1 Å². The van der Waals surface area contributed by atoms with Crippen molar-refractivity contribution in [3.05, 3.63) is 120 Å². The summed E-state index contributed by atoms with van der Waals surface area (Å²) >= 11 is 0. The first-order valence-electron chi connectivity index (χ1n) is 12.8. The van der Waals surface area contributed by atoms with Crippen LogP contribution in [0.4, 0.5) is 17.3 Å². The average Bonchev–Trinajstić information content (AvgIpc) is 2.92. The fraction of sp³-hybridized carbons (Fsp3) is 0.194. The van der Waals surface area contributed by atoms with Gasteiger partial charge >= 0.3 is 7.25 Å². The van der Waals surface area contributed by atoms with Gasteiger partial charge in [-0.3, -0.25) is 0 Å². The predicted octanol–water partition coefficient (Wildman–Crippen LogP) is 7.89. The van der Waals surface area contributed by atoms with E-state index in [4.69, 9.17) is 14.2 Å². The number of hydrogen-bond donors (Lipinski definition) is 0. The summed E-state index contributed by atoms with van der Waals surface area (Å²) in [7, 11) is -1.92. The highest BCUT2D eigenvalue weighted by Crippen LogP contribution is 2.33. The van der Waals surface area contributed by atoms with E-state index in [1.807, 2.05) is 70.4 Å². The highest BCUT2D eigenvalue weighted by atomic mass is 19.5. The van der Waals surface area contributed by atoms with Crippen molar-refractivity contribution >= 4 is 24.3 Å². The third kappa shape index (κ3) is 9.80. The summed E-state index contributed by atoms with van der Waals surface area (Å²) in [5, 5.41) is 0. The van der Waals surface area contributed by atoms with Crippen molar-refractivity contribution in [2.24, 2.45) is 0 Å². The van der Waals surface area contributed by atoms with Crippen LogP contribution in [0.2, 0.25) is 0 Å². The molecule has 0 saturated heterocycles. The van der Waals surface area contributed by atoms with Gasteiger partial charge in [0.05, 0.1) is 13.2 Å². The third-order valence-corrected chi connectivity index (χ3v) is 5.61. The number of nitrogens with zero attached hydrogens (tertiary/aromatic N) is 1. The maximum Gasteiger partial charge on any atom is 0.673 e. The Morgan fingerprint density at radius 2 is 1.23 bits per heavy atom. The van der Waals surface area contributed by atoms with E-state index in [2.05, 4.69) is 59.2 Å². The lowest BCUT2D eigenvalue weighted by Crippen LogP contribution is -2.09. The molecule has 0 fully saturated rings. The van der Waals surface area contributed by atoms with Crippen LogP contribution in [-0.4, -0.2) is 44.9 Å². The Morgan fingerprint density at radius 1 is 0.725 bits per heavy atom. The van der Waals surface area contributed by atoms with Crippen molar-refractivity contribution in [1.82, 2.24) is 0 Å². The summed E-state index contributed by atoms with van der Waals surface area (Å²) in [6.45, 7) is 5.26. The van der Waals surface area contributed by atoms with Gasteiger partial charge in [0.2, 0.25) is 0 Å². The summed E-state index contributed by atoms with van der Waals surface area (Å²) in [6.07, 6.45) is 16.7. The molecule has 0 aromatic heterocycles. The van der Waals surface area contributed by atoms with Gasteiger partial charge in [0.15, 0.2) is 5.71 Å². The number of benzene rings is 2. The molecule has 2 aromatic rings. The molecule has 40 heavy (non-hydrogen) atoms. The summed E-state index contributed by atoms with van der Waals surface area (Å²) < 4.78 is 58.6. The van der Waals surface area contributed by atoms with Gasteiger partial charge in [-0.2, -0.15) is 0 Å². The minimum absolute atomic E-state index is 0.640. The van der Waals surface area contributed by atoms with E-state index in [1.165, 1.54) is 5.71 Å². The lowest BCUT2D eigenvalue weighted by atomic mass is 10.00. The molecule has 2 aliphatic rings. The van der Waals surface area contributed by atoms with Crippen LogP contribution in [0.1, 0.15) is 25.0 Å². The Balaban J connectivity index is 0.000000810. The largest absolute Gasteiger partial charge is 0.673 e. The van der Waals surface area contributed by atoms with Crippen LogP contribution < -0.4 is 9.47 Å². The average molecular weight is 553 g/mol. The molecule has 2 aromatic carbocycles. The molecule has 1 heterocycles. The molecule has 4 nitrogen and oxygen atoms in total. The standard InChI is InChI=1S/C31H32NO3.BF4/c1-5-33-28-17-10-24(11-18-28)26-21-30(16-9-23-7-14-27(15-8-23)32(3)4)35-31(22-26)25-12-19-29(20-13-25)34-6-2;2-1(3,4)5/h7-22H,5-6H2,1-4H3;/q+1;-1/b30-16+;. The summed E-state index contributed by atoms with van der Waals surface area (Å²) in [5.41, 5.74) is 5.44. The molecular formula is C31H32BF4NO3. The van der Waals surface area contributed by atoms with E-state index in [0.29, 0.717) is 13.2 Å². The zero-order chi connectivity index (χ0) is 29.1. The fourth-order valence-electron chi connectivity index (χ4n) is 3.77. The lowest BCUT2D eigenvalue weighted by Gasteiger charge is -2.19. The number of ether oxygens (including phenoxy) is 3. The lowest BCUT2D eigenvalue weighted by molar-refractivity contribution is -0.462. The van der Waals surface area contributed by atoms with Gasteiger partial charge in [-0.05, 0) is 97.3 Å². The maximum atomic E-state index is 9.75. The van der Waals surface area contributed by atoms with Crippen molar-refractivity contribution in [3.8, 4) is 11.5 Å². The maximum absolute atomic E-state index is 9.75. The first-order valence-corrected chi connectivity index (χ1v) is 12.8. The fourth-order valence-corrected chi connectivity index (χ4v) is 3.77. The molecule has 0 radical (unpaired) electrons. The Labute approximate surface area is 232 Å². The van der Waals surface area contributed by atoms with Crippen molar-refractivity contribution < 1.29 is 36.0 Å². The Morgan fingerprint density at radius 3 is 1.70 bits per heavy atom. The van der Waals surface area contributed by atoms with Gasteiger partial charge in [0.25, 0.3) is 0 Å². The van der Waals surface area contributed by atoms with Crippen LogP contribution in [-0.2, 0) is 4.74 Å². The molecule has 0 atom stereocenters. The Bertz CT molecular complexity index is 1350. The van der Waals surface area contributed by atoms with Gasteiger partial charge in [-0.15, -0.1) is 0 Å². The van der Waals surface area contributed by atoms with E-state index < -0.39 is 7.25 Å². The van der Waals surface area contributed by atoms with E-state index >= 15 is 0 Å². The Hall–Kier alpha value is -4.27. The van der Waals surface area contributed by atoms with Crippen molar-refractivity contribution in [2.45, 2.75) is 13.8 Å². The van der Waals surface area contributed by atoms with Gasteiger partial charge in [-0.25, -0.2) is 4.58 Å².